The van der Waals surface area contributed by atoms with Gasteiger partial charge >= 0.3 is 0 Å². The minimum atomic E-state index is 0. The summed E-state index contributed by atoms with van der Waals surface area (Å²) in [5.41, 5.74) is 10.4. The molecule has 1 heterocycles. The summed E-state index contributed by atoms with van der Waals surface area (Å²) >= 11 is 0. The van der Waals surface area contributed by atoms with E-state index in [1.54, 1.807) is 0 Å². The SMILES string of the molecule is Cc1cc(C)c(-n2cc[n+](-c3c(C)cc(C)cc3C)c2)c(C)c1.[Cl-]. The lowest BCUT2D eigenvalue weighted by Gasteiger charge is -2.08. The van der Waals surface area contributed by atoms with E-state index in [9.17, 15) is 0 Å². The average molecular weight is 341 g/mol. The van der Waals surface area contributed by atoms with Crippen molar-refractivity contribution in [1.82, 2.24) is 4.57 Å². The molecule has 0 saturated carbocycles. The number of halogens is 1. The fourth-order valence-electron chi connectivity index (χ4n) is 3.78. The highest BCUT2D eigenvalue weighted by Gasteiger charge is 2.16. The minimum absolute atomic E-state index is 0. The molecule has 1 aromatic heterocycles. The second-order valence-electron chi connectivity index (χ2n) is 6.72. The lowest BCUT2D eigenvalue weighted by molar-refractivity contribution is -0.595. The lowest BCUT2D eigenvalue weighted by Crippen LogP contribution is -3.00. The van der Waals surface area contributed by atoms with Gasteiger partial charge in [-0.1, -0.05) is 35.4 Å². The molecule has 0 bridgehead atoms. The topological polar surface area (TPSA) is 8.81 Å². The molecule has 2 nitrogen and oxygen atoms in total. The van der Waals surface area contributed by atoms with Crippen molar-refractivity contribution in [2.24, 2.45) is 0 Å². The fourth-order valence-corrected chi connectivity index (χ4v) is 3.78. The smallest absolute Gasteiger partial charge is 0.254 e. The monoisotopic (exact) mass is 340 g/mol. The Hall–Kier alpha value is -2.06. The molecule has 0 radical (unpaired) electrons. The summed E-state index contributed by atoms with van der Waals surface area (Å²) in [7, 11) is 0. The van der Waals surface area contributed by atoms with Crippen LogP contribution < -0.4 is 17.0 Å². The Kier molecular flexibility index (Phi) is 5.19. The fraction of sp³-hybridized carbons (Fsp3) is 0.286. The maximum atomic E-state index is 2.25. The Bertz CT molecular complexity index is 773. The standard InChI is InChI=1S/C21H25N2.ClH/c1-14-9-16(3)20(17(4)10-14)22-7-8-23(13-22)21-18(5)11-15(2)12-19(21)6;/h7-13H,1-6H3;1H/q+1;/p-1. The van der Waals surface area contributed by atoms with Crippen molar-refractivity contribution in [2.75, 3.05) is 0 Å². The van der Waals surface area contributed by atoms with Crippen LogP contribution in [0.2, 0.25) is 0 Å². The van der Waals surface area contributed by atoms with Crippen molar-refractivity contribution in [1.29, 1.82) is 0 Å². The highest BCUT2D eigenvalue weighted by Crippen LogP contribution is 2.21. The van der Waals surface area contributed by atoms with Crippen molar-refractivity contribution < 1.29 is 17.0 Å². The second kappa shape index (κ2) is 6.82. The van der Waals surface area contributed by atoms with Gasteiger partial charge in [-0.15, -0.1) is 0 Å². The number of aromatic nitrogens is 2. The molecule has 3 heteroatoms. The number of benzene rings is 2. The molecule has 3 aromatic rings. The van der Waals surface area contributed by atoms with Gasteiger partial charge in [-0.2, -0.15) is 0 Å². The van der Waals surface area contributed by atoms with E-state index in [1.807, 2.05) is 0 Å². The molecule has 0 unspecified atom stereocenters. The van der Waals surface area contributed by atoms with Crippen LogP contribution >= 0.6 is 0 Å². The van der Waals surface area contributed by atoms with E-state index in [0.29, 0.717) is 0 Å². The predicted octanol–water partition coefficient (Wildman–Crippen LogP) is 1.61. The molecule has 0 fully saturated rings. The van der Waals surface area contributed by atoms with Gasteiger partial charge in [-0.3, -0.25) is 0 Å². The summed E-state index contributed by atoms with van der Waals surface area (Å²) in [6, 6.07) is 8.98. The third kappa shape index (κ3) is 3.25. The predicted molar refractivity (Wildman–Crippen MR) is 95.7 cm³/mol. The van der Waals surface area contributed by atoms with Gasteiger partial charge in [0.25, 0.3) is 6.33 Å². The van der Waals surface area contributed by atoms with Gasteiger partial charge in [-0.05, 0) is 63.8 Å². The average Bonchev–Trinajstić information content (AvgIpc) is 2.85. The van der Waals surface area contributed by atoms with E-state index < -0.39 is 0 Å². The Morgan fingerprint density at radius 1 is 0.708 bits per heavy atom. The van der Waals surface area contributed by atoms with E-state index in [-0.39, 0.29) is 12.4 Å². The first-order valence-electron chi connectivity index (χ1n) is 8.12. The number of aryl methyl sites for hydroxylation is 6. The van der Waals surface area contributed by atoms with Gasteiger partial charge < -0.3 is 12.4 Å². The van der Waals surface area contributed by atoms with Crippen LogP contribution in [0.15, 0.2) is 43.0 Å². The van der Waals surface area contributed by atoms with Crippen LogP contribution in [0.1, 0.15) is 33.4 Å². The van der Waals surface area contributed by atoms with E-state index in [0.717, 1.165) is 0 Å². The van der Waals surface area contributed by atoms with E-state index in [4.69, 9.17) is 0 Å². The van der Waals surface area contributed by atoms with Gasteiger partial charge in [-0.25, -0.2) is 9.13 Å². The molecule has 0 N–H and O–H groups in total. The van der Waals surface area contributed by atoms with Crippen molar-refractivity contribution >= 4 is 0 Å². The Morgan fingerprint density at radius 3 is 1.67 bits per heavy atom. The summed E-state index contributed by atoms with van der Waals surface area (Å²) < 4.78 is 4.45. The minimum Gasteiger partial charge on any atom is -1.00 e. The summed E-state index contributed by atoms with van der Waals surface area (Å²) in [6.45, 7) is 13.0. The first-order valence-corrected chi connectivity index (χ1v) is 8.12. The van der Waals surface area contributed by atoms with E-state index in [1.165, 1.54) is 44.8 Å². The molecule has 0 spiro atoms. The summed E-state index contributed by atoms with van der Waals surface area (Å²) in [4.78, 5) is 0. The zero-order valence-corrected chi connectivity index (χ0v) is 16.1. The molecule has 0 aliphatic heterocycles. The van der Waals surface area contributed by atoms with E-state index >= 15 is 0 Å². The van der Waals surface area contributed by atoms with Crippen LogP contribution in [0.4, 0.5) is 0 Å². The Balaban J connectivity index is 0.00000208. The van der Waals surface area contributed by atoms with Crippen molar-refractivity contribution in [3.05, 3.63) is 76.4 Å². The van der Waals surface area contributed by atoms with Gasteiger partial charge in [0.15, 0.2) is 0 Å². The number of rotatable bonds is 2. The molecule has 0 aliphatic carbocycles. The third-order valence-corrected chi connectivity index (χ3v) is 4.42. The largest absolute Gasteiger partial charge is 1.00 e. The molecule has 0 amide bonds. The Morgan fingerprint density at radius 2 is 1.17 bits per heavy atom. The quantitative estimate of drug-likeness (QED) is 0.627. The van der Waals surface area contributed by atoms with Gasteiger partial charge in [0.1, 0.15) is 23.8 Å². The van der Waals surface area contributed by atoms with Crippen molar-refractivity contribution in [3.8, 4) is 11.4 Å². The molecule has 126 valence electrons. The molecule has 0 saturated heterocycles. The van der Waals surface area contributed by atoms with Gasteiger partial charge in [0, 0.05) is 0 Å². The first kappa shape index (κ1) is 18.3. The maximum absolute atomic E-state index is 2.25. The molecule has 3 rings (SSSR count). The molecular formula is C21H25ClN2. The molecule has 2 aromatic carbocycles. The lowest BCUT2D eigenvalue weighted by atomic mass is 10.0. The second-order valence-corrected chi connectivity index (χ2v) is 6.72. The van der Waals surface area contributed by atoms with Gasteiger partial charge in [0.2, 0.25) is 0 Å². The third-order valence-electron chi connectivity index (χ3n) is 4.42. The molecule has 0 aliphatic rings. The summed E-state index contributed by atoms with van der Waals surface area (Å²) in [5, 5.41) is 0. The van der Waals surface area contributed by atoms with Crippen LogP contribution in [0.5, 0.6) is 0 Å². The van der Waals surface area contributed by atoms with Crippen LogP contribution in [-0.2, 0) is 0 Å². The summed E-state index contributed by atoms with van der Waals surface area (Å²) in [5.74, 6) is 0. The van der Waals surface area contributed by atoms with Crippen molar-refractivity contribution in [3.63, 3.8) is 0 Å². The van der Waals surface area contributed by atoms with Gasteiger partial charge in [0.05, 0.1) is 0 Å². The molecule has 24 heavy (non-hydrogen) atoms. The zero-order chi connectivity index (χ0) is 16.7. The van der Waals surface area contributed by atoms with Crippen LogP contribution in [0, 0.1) is 41.5 Å². The zero-order valence-electron chi connectivity index (χ0n) is 15.3. The summed E-state index contributed by atoms with van der Waals surface area (Å²) in [6.07, 6.45) is 6.46. The first-order chi connectivity index (χ1) is 10.9. The molecule has 0 atom stereocenters. The number of nitrogens with zero attached hydrogens (tertiary/aromatic N) is 2. The Labute approximate surface area is 151 Å². The van der Waals surface area contributed by atoms with Crippen molar-refractivity contribution in [2.45, 2.75) is 41.5 Å². The van der Waals surface area contributed by atoms with E-state index in [2.05, 4.69) is 93.7 Å². The highest BCUT2D eigenvalue weighted by atomic mass is 35.5. The van der Waals surface area contributed by atoms with Crippen LogP contribution in [-0.4, -0.2) is 4.57 Å². The maximum Gasteiger partial charge on any atom is 0.254 e. The van der Waals surface area contributed by atoms with Crippen LogP contribution in [0.25, 0.3) is 11.4 Å². The number of hydrogen-bond donors (Lipinski definition) is 0. The number of hydrogen-bond acceptors (Lipinski definition) is 0. The highest BCUT2D eigenvalue weighted by molar-refractivity contribution is 5.49. The normalized spacial score (nSPS) is 10.6. The molecular weight excluding hydrogens is 316 g/mol. The van der Waals surface area contributed by atoms with Crippen LogP contribution in [0.3, 0.4) is 0 Å². The number of imidazole rings is 1.